The first-order valence-corrected chi connectivity index (χ1v) is 7.24. The van der Waals surface area contributed by atoms with E-state index in [-0.39, 0.29) is 11.6 Å². The Balaban J connectivity index is 2.66. The highest BCUT2D eigenvalue weighted by Crippen LogP contribution is 2.47. The van der Waals surface area contributed by atoms with Crippen LogP contribution in [-0.2, 0) is 6.42 Å². The predicted molar refractivity (Wildman–Crippen MR) is 80.8 cm³/mol. The monoisotopic (exact) mass is 261 g/mol. The Morgan fingerprint density at radius 2 is 1.68 bits per heavy atom. The maximum Gasteiger partial charge on any atom is 0.128 e. The lowest BCUT2D eigenvalue weighted by molar-refractivity contribution is 0.111. The minimum absolute atomic E-state index is 0.0345. The third-order valence-corrected chi connectivity index (χ3v) is 4.49. The molecular weight excluding hydrogens is 234 g/mol. The van der Waals surface area contributed by atoms with Crippen molar-refractivity contribution in [2.45, 2.75) is 66.5 Å². The van der Waals surface area contributed by atoms with E-state index in [1.54, 1.807) is 0 Å². The van der Waals surface area contributed by atoms with Crippen LogP contribution in [0.25, 0.3) is 0 Å². The van der Waals surface area contributed by atoms with Gasteiger partial charge in [0, 0.05) is 5.56 Å². The summed E-state index contributed by atoms with van der Waals surface area (Å²) in [5.74, 6) is 1.68. The smallest absolute Gasteiger partial charge is 0.128 e. The van der Waals surface area contributed by atoms with E-state index in [1.807, 2.05) is 0 Å². The van der Waals surface area contributed by atoms with Crippen LogP contribution >= 0.6 is 0 Å². The molecular formula is C17H27NO. The molecule has 2 heteroatoms. The van der Waals surface area contributed by atoms with Crippen molar-refractivity contribution in [1.29, 1.82) is 0 Å². The van der Waals surface area contributed by atoms with E-state index in [2.05, 4.69) is 48.5 Å². The summed E-state index contributed by atoms with van der Waals surface area (Å²) < 4.78 is 6.13. The Bertz CT molecular complexity index is 515. The molecule has 106 valence electrons. The van der Waals surface area contributed by atoms with Crippen LogP contribution in [0, 0.1) is 26.7 Å². The quantitative estimate of drug-likeness (QED) is 0.874. The minimum Gasteiger partial charge on any atom is -0.485 e. The molecule has 0 fully saturated rings. The van der Waals surface area contributed by atoms with Gasteiger partial charge in [-0.2, -0.15) is 0 Å². The fourth-order valence-corrected chi connectivity index (χ4v) is 3.11. The molecule has 1 aliphatic heterocycles. The average Bonchev–Trinajstić information content (AvgIpc) is 2.54. The van der Waals surface area contributed by atoms with Gasteiger partial charge in [-0.3, -0.25) is 0 Å². The molecule has 2 N–H and O–H groups in total. The number of fused-ring (bicyclic) bond motifs is 1. The Hall–Kier alpha value is -1.02. The molecule has 0 spiro atoms. The summed E-state index contributed by atoms with van der Waals surface area (Å²) in [5.41, 5.74) is 12.8. The first-order valence-electron chi connectivity index (χ1n) is 7.24. The van der Waals surface area contributed by atoms with Gasteiger partial charge in [0.15, 0.2) is 0 Å². The third kappa shape index (κ3) is 2.16. The van der Waals surface area contributed by atoms with E-state index < -0.39 is 0 Å². The van der Waals surface area contributed by atoms with Crippen LogP contribution in [0.5, 0.6) is 5.75 Å². The van der Waals surface area contributed by atoms with Crippen molar-refractivity contribution in [3.63, 3.8) is 0 Å². The second kappa shape index (κ2) is 4.52. The zero-order chi connectivity index (χ0) is 14.5. The number of ether oxygens (including phenoxy) is 1. The van der Waals surface area contributed by atoms with Crippen LogP contribution in [0.1, 0.15) is 61.6 Å². The number of benzene rings is 1. The molecule has 0 amide bonds. The van der Waals surface area contributed by atoms with Crippen molar-refractivity contribution in [2.24, 2.45) is 11.7 Å². The van der Waals surface area contributed by atoms with Gasteiger partial charge in [0.25, 0.3) is 0 Å². The van der Waals surface area contributed by atoms with Gasteiger partial charge < -0.3 is 10.5 Å². The second-order valence-electron chi connectivity index (χ2n) is 6.88. The molecule has 0 bridgehead atoms. The highest BCUT2D eigenvalue weighted by atomic mass is 16.5. The zero-order valence-corrected chi connectivity index (χ0v) is 13.3. The number of rotatable bonds is 2. The third-order valence-electron chi connectivity index (χ3n) is 4.49. The lowest BCUT2D eigenvalue weighted by Gasteiger charge is -2.23. The van der Waals surface area contributed by atoms with E-state index in [4.69, 9.17) is 10.5 Å². The van der Waals surface area contributed by atoms with Crippen LogP contribution in [0.4, 0.5) is 0 Å². The van der Waals surface area contributed by atoms with Crippen molar-refractivity contribution in [3.05, 3.63) is 27.8 Å². The molecule has 1 unspecified atom stereocenters. The lowest BCUT2D eigenvalue weighted by atomic mass is 9.84. The Kier molecular flexibility index (Phi) is 3.42. The molecule has 1 atom stereocenters. The van der Waals surface area contributed by atoms with Gasteiger partial charge in [-0.25, -0.2) is 0 Å². The first-order chi connectivity index (χ1) is 8.66. The van der Waals surface area contributed by atoms with Crippen molar-refractivity contribution in [2.75, 3.05) is 0 Å². The highest BCUT2D eigenvalue weighted by molar-refractivity contribution is 5.58. The zero-order valence-electron chi connectivity index (χ0n) is 13.3. The Morgan fingerprint density at radius 1 is 1.11 bits per heavy atom. The summed E-state index contributed by atoms with van der Waals surface area (Å²) in [7, 11) is 0. The van der Waals surface area contributed by atoms with Crippen LogP contribution in [0.15, 0.2) is 0 Å². The molecule has 1 aromatic carbocycles. The van der Waals surface area contributed by atoms with Crippen LogP contribution in [0.3, 0.4) is 0 Å². The topological polar surface area (TPSA) is 35.2 Å². The Labute approximate surface area is 117 Å². The molecule has 1 heterocycles. The molecule has 0 radical (unpaired) electrons. The molecule has 2 nitrogen and oxygen atoms in total. The van der Waals surface area contributed by atoms with E-state index in [0.29, 0.717) is 5.92 Å². The van der Waals surface area contributed by atoms with Crippen molar-refractivity contribution in [3.8, 4) is 5.75 Å². The SMILES string of the molecule is Cc1c(C)c2c(c(C)c1CC(C)C)C(N)C(C)(C)O2. The number of hydrogen-bond donors (Lipinski definition) is 1. The molecule has 1 aliphatic rings. The largest absolute Gasteiger partial charge is 0.485 e. The Morgan fingerprint density at radius 3 is 2.21 bits per heavy atom. The van der Waals surface area contributed by atoms with Gasteiger partial charge in [0.2, 0.25) is 0 Å². The molecule has 19 heavy (non-hydrogen) atoms. The maximum absolute atomic E-state index is 6.42. The summed E-state index contributed by atoms with van der Waals surface area (Å²) in [5, 5.41) is 0. The van der Waals surface area contributed by atoms with Gasteiger partial charge in [-0.15, -0.1) is 0 Å². The van der Waals surface area contributed by atoms with Crippen LogP contribution in [-0.4, -0.2) is 5.60 Å². The van der Waals surface area contributed by atoms with Gasteiger partial charge >= 0.3 is 0 Å². The summed E-state index contributed by atoms with van der Waals surface area (Å²) in [6, 6.07) is -0.0345. The molecule has 1 aromatic rings. The van der Waals surface area contributed by atoms with Crippen molar-refractivity contribution >= 4 is 0 Å². The van der Waals surface area contributed by atoms with Gasteiger partial charge in [-0.1, -0.05) is 13.8 Å². The van der Waals surface area contributed by atoms with Gasteiger partial charge in [0.05, 0.1) is 6.04 Å². The maximum atomic E-state index is 6.42. The normalized spacial score (nSPS) is 20.6. The number of hydrogen-bond acceptors (Lipinski definition) is 2. The number of nitrogens with two attached hydrogens (primary N) is 1. The van der Waals surface area contributed by atoms with E-state index in [9.17, 15) is 0 Å². The van der Waals surface area contributed by atoms with Crippen molar-refractivity contribution in [1.82, 2.24) is 0 Å². The van der Waals surface area contributed by atoms with Crippen LogP contribution in [0.2, 0.25) is 0 Å². The fourth-order valence-electron chi connectivity index (χ4n) is 3.11. The molecule has 0 saturated heterocycles. The van der Waals surface area contributed by atoms with Crippen LogP contribution < -0.4 is 10.5 Å². The van der Waals surface area contributed by atoms with E-state index in [1.165, 1.54) is 27.8 Å². The van der Waals surface area contributed by atoms with E-state index >= 15 is 0 Å². The first kappa shape index (κ1) is 14.4. The average molecular weight is 261 g/mol. The molecule has 0 aliphatic carbocycles. The van der Waals surface area contributed by atoms with Gasteiger partial charge in [-0.05, 0) is 69.2 Å². The predicted octanol–water partition coefficient (Wildman–Crippen LogP) is 3.98. The summed E-state index contributed by atoms with van der Waals surface area (Å²) in [4.78, 5) is 0. The lowest BCUT2D eigenvalue weighted by Crippen LogP contribution is -2.35. The summed E-state index contributed by atoms with van der Waals surface area (Å²) in [6.07, 6.45) is 1.11. The van der Waals surface area contributed by atoms with Crippen molar-refractivity contribution < 1.29 is 4.74 Å². The molecule has 0 aromatic heterocycles. The second-order valence-corrected chi connectivity index (χ2v) is 6.88. The standard InChI is InChI=1S/C17H27NO/c1-9(2)8-13-10(3)11(4)15-14(12(13)5)16(18)17(6,7)19-15/h9,16H,8,18H2,1-7H3. The summed E-state index contributed by atoms with van der Waals surface area (Å²) in [6.45, 7) is 15.3. The minimum atomic E-state index is -0.305. The summed E-state index contributed by atoms with van der Waals surface area (Å²) >= 11 is 0. The highest BCUT2D eigenvalue weighted by Gasteiger charge is 2.41. The molecule has 2 rings (SSSR count). The van der Waals surface area contributed by atoms with Gasteiger partial charge in [0.1, 0.15) is 11.4 Å². The molecule has 0 saturated carbocycles. The fraction of sp³-hybridized carbons (Fsp3) is 0.647. The van der Waals surface area contributed by atoms with E-state index in [0.717, 1.165) is 12.2 Å².